The molecule has 2 aliphatic heterocycles. The smallest absolute Gasteiger partial charge is 0.631 e. The number of benzene rings is 4. The fourth-order valence-corrected chi connectivity index (χ4v) is 24.4. The van der Waals surface area contributed by atoms with Crippen LogP contribution in [-0.2, 0) is 9.47 Å². The monoisotopic (exact) mass is 787 g/mol. The van der Waals surface area contributed by atoms with Crippen LogP contribution >= 0.6 is 14.1 Å². The molecule has 0 atom stereocenters. The predicted molar refractivity (Wildman–Crippen MR) is 215 cm³/mol. The third kappa shape index (κ3) is 12.9. The number of hydrogen-bond acceptors (Lipinski definition) is 2. The van der Waals surface area contributed by atoms with Crippen molar-refractivity contribution in [3.8, 4) is 0 Å². The van der Waals surface area contributed by atoms with Crippen LogP contribution in [0.2, 0.25) is 39.3 Å². The van der Waals surface area contributed by atoms with Gasteiger partial charge in [-0.2, -0.15) is 0 Å². The average molecular weight is 788 g/mol. The summed E-state index contributed by atoms with van der Waals surface area (Å²) in [5.41, 5.74) is 2.74. The van der Waals surface area contributed by atoms with Gasteiger partial charge in [0.25, 0.3) is 0 Å². The second-order valence-electron chi connectivity index (χ2n) is 14.1. The van der Waals surface area contributed by atoms with E-state index in [0.29, 0.717) is 0 Å². The standard InChI is InChI=1S/C31H39N2P2Si2.2C4H8O.Rb/c1-36(2,3)32-34(28-19-11-7-12-20-28,29-21-13-8-14-22-29)27-35(33-37(4,5)6,30-23-15-9-16-24-30)31-25-17-10-18-26-31;2*1-2-4-5-3-1;/h7-27H,1-6H3;2*1-4H2;/q-1;;;+1/p+1. The first kappa shape index (κ1) is 41.9. The van der Waals surface area contributed by atoms with E-state index in [4.69, 9.17) is 14.2 Å². The van der Waals surface area contributed by atoms with Crippen molar-refractivity contribution < 1.29 is 72.1 Å². The quantitative estimate of drug-likeness (QED) is 0.204. The van der Waals surface area contributed by atoms with Gasteiger partial charge in [0, 0.05) is 37.0 Å². The molecule has 0 aromatic heterocycles. The van der Waals surface area contributed by atoms with Crippen LogP contribution in [0.25, 0.3) is 4.75 Å². The molecule has 2 fully saturated rings. The molecular weight excluding hydrogens is 732 g/mol. The summed E-state index contributed by atoms with van der Waals surface area (Å²) in [6.45, 7) is 18.4. The van der Waals surface area contributed by atoms with Crippen molar-refractivity contribution in [2.75, 3.05) is 26.4 Å². The Balaban J connectivity index is 0.000000484. The minimum absolute atomic E-state index is 0. The van der Waals surface area contributed by atoms with Crippen LogP contribution in [0, 0.1) is 0 Å². The van der Waals surface area contributed by atoms with E-state index in [9.17, 15) is 0 Å². The van der Waals surface area contributed by atoms with E-state index in [0.717, 1.165) is 26.4 Å². The van der Waals surface area contributed by atoms with Gasteiger partial charge in [0.1, 0.15) is 0 Å². The molecule has 1 N–H and O–H groups in total. The van der Waals surface area contributed by atoms with Gasteiger partial charge < -0.3 is 18.6 Å². The van der Waals surface area contributed by atoms with Crippen LogP contribution in [0.15, 0.2) is 121 Å². The molecule has 4 nitrogen and oxygen atoms in total. The van der Waals surface area contributed by atoms with Gasteiger partial charge >= 0.3 is 66.4 Å². The Morgan fingerprint density at radius 3 is 1.08 bits per heavy atom. The summed E-state index contributed by atoms with van der Waals surface area (Å²) in [4.78, 5) is 0. The summed E-state index contributed by atoms with van der Waals surface area (Å²) in [5.74, 6) is 0. The largest absolute Gasteiger partial charge is 1.00 e. The number of rotatable bonds is 8. The number of hydrogen-bond donors (Lipinski definition) is 1. The summed E-state index contributed by atoms with van der Waals surface area (Å²) in [6, 6.07) is 44.5. The Labute approximate surface area is 342 Å². The first-order valence-electron chi connectivity index (χ1n) is 17.1. The van der Waals surface area contributed by atoms with Crippen molar-refractivity contribution in [1.82, 2.24) is 0 Å². The Hall–Kier alpha value is -0.471. The van der Waals surface area contributed by atoms with Gasteiger partial charge in [0.2, 0.25) is 0 Å². The van der Waals surface area contributed by atoms with Gasteiger partial charge in [-0.15, -0.1) is 7.04 Å². The fourth-order valence-electron chi connectivity index (χ4n) is 5.77. The van der Waals surface area contributed by atoms with Crippen LogP contribution in [0.1, 0.15) is 25.7 Å². The molecule has 9 heteroatoms. The van der Waals surface area contributed by atoms with Crippen LogP contribution in [0.4, 0.5) is 0 Å². The van der Waals surface area contributed by atoms with Gasteiger partial charge in [-0.25, -0.2) is 0 Å². The molecule has 4 aromatic carbocycles. The summed E-state index contributed by atoms with van der Waals surface area (Å²) in [7, 11) is -8.12. The summed E-state index contributed by atoms with van der Waals surface area (Å²) in [6.07, 6.45) is 5.11. The molecule has 0 spiro atoms. The summed E-state index contributed by atoms with van der Waals surface area (Å²) in [5, 5.41) is 5.39. The molecule has 4 aromatic rings. The van der Waals surface area contributed by atoms with Crippen LogP contribution in [-0.4, -0.2) is 48.4 Å². The average Bonchev–Trinajstić information content (AvgIpc) is 3.85. The maximum Gasteiger partial charge on any atom is 1.00 e. The molecule has 48 heavy (non-hydrogen) atoms. The minimum Gasteiger partial charge on any atom is -0.631 e. The molecule has 2 saturated heterocycles. The molecule has 6 rings (SSSR count). The number of nitrogens with one attached hydrogen (secondary N) is 1. The van der Waals surface area contributed by atoms with Gasteiger partial charge in [-0.05, 0) is 85.7 Å². The Morgan fingerprint density at radius 2 is 0.833 bits per heavy atom. The Morgan fingerprint density at radius 1 is 0.521 bits per heavy atom. The van der Waals surface area contributed by atoms with Crippen molar-refractivity contribution in [1.29, 1.82) is 0 Å². The molecule has 252 valence electrons. The topological polar surface area (TPSA) is 46.5 Å². The van der Waals surface area contributed by atoms with Gasteiger partial charge in [-0.1, -0.05) is 125 Å². The third-order valence-electron chi connectivity index (χ3n) is 7.59. The van der Waals surface area contributed by atoms with Crippen molar-refractivity contribution in [2.45, 2.75) is 65.0 Å². The van der Waals surface area contributed by atoms with E-state index in [1.807, 2.05) is 0 Å². The van der Waals surface area contributed by atoms with Gasteiger partial charge in [0.15, 0.2) is 7.05 Å². The van der Waals surface area contributed by atoms with Gasteiger partial charge in [-0.3, -0.25) is 0 Å². The zero-order valence-electron chi connectivity index (χ0n) is 30.4. The van der Waals surface area contributed by atoms with E-state index >= 15 is 0 Å². The zero-order valence-corrected chi connectivity index (χ0v) is 39.1. The van der Waals surface area contributed by atoms with E-state index < -0.39 is 30.6 Å². The maximum absolute atomic E-state index is 5.94. The predicted octanol–water partition coefficient (Wildman–Crippen LogP) is 4.90. The normalized spacial score (nSPS) is 14.8. The van der Waals surface area contributed by atoms with E-state index in [1.165, 1.54) is 46.9 Å². The molecule has 0 saturated carbocycles. The van der Waals surface area contributed by atoms with E-state index in [2.05, 4.69) is 171 Å². The van der Waals surface area contributed by atoms with Crippen LogP contribution < -0.4 is 83.8 Å². The van der Waals surface area contributed by atoms with Crippen LogP contribution in [0.3, 0.4) is 0 Å². The van der Waals surface area contributed by atoms with Crippen molar-refractivity contribution >= 4 is 57.3 Å². The molecule has 0 amide bonds. The van der Waals surface area contributed by atoms with Crippen molar-refractivity contribution in [3.63, 3.8) is 0 Å². The van der Waals surface area contributed by atoms with Crippen molar-refractivity contribution in [2.24, 2.45) is 0 Å². The SMILES string of the molecule is C1CCOC1.C1CCOC1.C[Si](C)(C)[N-]P(=CP(=[NH+][Si](C)(C)C)(c1ccccc1)c1ccccc1)(c1ccccc1)c1ccccc1.[Rb+]. The maximum atomic E-state index is 5.94. The molecule has 0 aliphatic carbocycles. The van der Waals surface area contributed by atoms with Gasteiger partial charge in [0.05, 0.1) is 0 Å². The minimum atomic E-state index is -2.29. The fraction of sp³-hybridized carbons (Fsp3) is 0.359. The first-order valence-corrected chi connectivity index (χ1v) is 27.7. The summed E-state index contributed by atoms with van der Waals surface area (Å²) < 4.78 is 20.2. The molecular formula is C39H56N2O2P2RbSi2+. The second-order valence-corrected chi connectivity index (χ2v) is 30.5. The molecule has 0 radical (unpaired) electrons. The van der Waals surface area contributed by atoms with Crippen molar-refractivity contribution in [3.05, 3.63) is 126 Å². The first-order chi connectivity index (χ1) is 22.5. The molecule has 2 aliphatic rings. The molecule has 2 heterocycles. The zero-order chi connectivity index (χ0) is 33.6. The number of nitrogens with zero attached hydrogens (tertiary/aromatic N) is 1. The van der Waals surface area contributed by atoms with E-state index in [1.54, 1.807) is 0 Å². The molecule has 0 unspecified atom stereocenters. The Bertz CT molecular complexity index is 1480. The number of ether oxygens (including phenoxy) is 2. The Kier molecular flexibility index (Phi) is 17.9. The summed E-state index contributed by atoms with van der Waals surface area (Å²) >= 11 is 0. The van der Waals surface area contributed by atoms with Crippen LogP contribution in [0.5, 0.6) is 0 Å². The third-order valence-corrected chi connectivity index (χ3v) is 22.5. The second kappa shape index (κ2) is 20.5. The molecule has 0 bridgehead atoms. The van der Waals surface area contributed by atoms with E-state index in [-0.39, 0.29) is 58.2 Å².